The number of benzene rings is 1. The molecular formula is C14H14FN3O3. The molecule has 2 heterocycles. The lowest BCUT2D eigenvalue weighted by molar-refractivity contribution is 0.00550. The van der Waals surface area contributed by atoms with Crippen LogP contribution in [0.15, 0.2) is 30.3 Å². The van der Waals surface area contributed by atoms with Crippen LogP contribution in [-0.2, 0) is 6.61 Å². The molecular weight excluding hydrogens is 277 g/mol. The molecule has 0 aliphatic carbocycles. The van der Waals surface area contributed by atoms with Crippen LogP contribution in [0.25, 0.3) is 0 Å². The van der Waals surface area contributed by atoms with Gasteiger partial charge in [0.2, 0.25) is 0 Å². The Balaban J connectivity index is 1.60. The van der Waals surface area contributed by atoms with E-state index >= 15 is 0 Å². The maximum Gasteiger partial charge on any atom is 0.274 e. The van der Waals surface area contributed by atoms with Gasteiger partial charge in [0.25, 0.3) is 5.91 Å². The van der Waals surface area contributed by atoms with Crippen LogP contribution in [0.5, 0.6) is 5.75 Å². The second-order valence-corrected chi connectivity index (χ2v) is 4.86. The number of ether oxygens (including phenoxy) is 1. The maximum absolute atomic E-state index is 13.4. The van der Waals surface area contributed by atoms with Gasteiger partial charge in [-0.2, -0.15) is 5.10 Å². The van der Waals surface area contributed by atoms with E-state index in [-0.39, 0.29) is 24.0 Å². The van der Waals surface area contributed by atoms with Crippen molar-refractivity contribution >= 4 is 5.91 Å². The minimum Gasteiger partial charge on any atom is -0.484 e. The third-order valence-corrected chi connectivity index (χ3v) is 3.22. The predicted octanol–water partition coefficient (Wildman–Crippen LogP) is 0.944. The number of nitrogens with one attached hydrogen (secondary N) is 1. The zero-order valence-corrected chi connectivity index (χ0v) is 11.1. The quantitative estimate of drug-likeness (QED) is 0.879. The van der Waals surface area contributed by atoms with Crippen molar-refractivity contribution in [3.05, 3.63) is 47.5 Å². The number of aliphatic hydroxyl groups excluding tert-OH is 1. The van der Waals surface area contributed by atoms with E-state index in [2.05, 4.69) is 10.2 Å². The summed E-state index contributed by atoms with van der Waals surface area (Å²) in [5, 5.41) is 15.8. The molecule has 0 bridgehead atoms. The fourth-order valence-electron chi connectivity index (χ4n) is 2.05. The minimum atomic E-state index is -0.447. The Labute approximate surface area is 120 Å². The molecule has 1 aliphatic rings. The zero-order valence-electron chi connectivity index (χ0n) is 11.1. The fourth-order valence-corrected chi connectivity index (χ4v) is 2.05. The number of aliphatic hydroxyl groups is 1. The van der Waals surface area contributed by atoms with Crippen LogP contribution in [0.2, 0.25) is 0 Å². The third kappa shape index (κ3) is 2.87. The van der Waals surface area contributed by atoms with Crippen molar-refractivity contribution < 1.29 is 19.0 Å². The molecule has 3 rings (SSSR count). The van der Waals surface area contributed by atoms with Gasteiger partial charge in [0, 0.05) is 13.1 Å². The first-order valence-electron chi connectivity index (χ1n) is 6.52. The zero-order chi connectivity index (χ0) is 14.8. The van der Waals surface area contributed by atoms with Gasteiger partial charge in [-0.05, 0) is 18.2 Å². The van der Waals surface area contributed by atoms with Crippen LogP contribution in [0.3, 0.4) is 0 Å². The largest absolute Gasteiger partial charge is 0.484 e. The fraction of sp³-hybridized carbons (Fsp3) is 0.286. The van der Waals surface area contributed by atoms with Crippen LogP contribution in [-0.4, -0.2) is 45.3 Å². The van der Waals surface area contributed by atoms with Gasteiger partial charge >= 0.3 is 0 Å². The number of H-pyrrole nitrogens is 1. The number of nitrogens with zero attached hydrogens (tertiary/aromatic N) is 2. The first-order valence-corrected chi connectivity index (χ1v) is 6.52. The lowest BCUT2D eigenvalue weighted by Crippen LogP contribution is -2.53. The molecule has 0 spiro atoms. The van der Waals surface area contributed by atoms with Crippen LogP contribution < -0.4 is 4.74 Å². The second-order valence-electron chi connectivity index (χ2n) is 4.86. The Morgan fingerprint density at radius 1 is 1.48 bits per heavy atom. The van der Waals surface area contributed by atoms with E-state index in [0.29, 0.717) is 18.8 Å². The summed E-state index contributed by atoms with van der Waals surface area (Å²) in [6.07, 6.45) is -0.447. The molecule has 1 aliphatic heterocycles. The first kappa shape index (κ1) is 13.6. The predicted molar refractivity (Wildman–Crippen MR) is 71.2 cm³/mol. The lowest BCUT2D eigenvalue weighted by atomic mass is 10.1. The molecule has 6 nitrogen and oxygen atoms in total. The number of rotatable bonds is 4. The van der Waals surface area contributed by atoms with E-state index in [0.717, 1.165) is 0 Å². The van der Waals surface area contributed by atoms with Crippen molar-refractivity contribution in [1.82, 2.24) is 15.1 Å². The number of hydrogen-bond acceptors (Lipinski definition) is 4. The summed E-state index contributed by atoms with van der Waals surface area (Å²) in [7, 11) is 0. The summed E-state index contributed by atoms with van der Waals surface area (Å²) < 4.78 is 18.7. The number of aromatic amines is 1. The highest BCUT2D eigenvalue weighted by Gasteiger charge is 2.30. The van der Waals surface area contributed by atoms with E-state index < -0.39 is 11.9 Å². The Morgan fingerprint density at radius 3 is 2.95 bits per heavy atom. The highest BCUT2D eigenvalue weighted by Crippen LogP contribution is 2.17. The number of hydrogen-bond donors (Lipinski definition) is 2. The number of halogens is 1. The Bertz CT molecular complexity index is 652. The van der Waals surface area contributed by atoms with Gasteiger partial charge in [0.15, 0.2) is 17.3 Å². The van der Waals surface area contributed by atoms with Crippen molar-refractivity contribution in [3.8, 4) is 5.75 Å². The third-order valence-electron chi connectivity index (χ3n) is 3.22. The van der Waals surface area contributed by atoms with E-state index in [9.17, 15) is 14.3 Å². The molecule has 1 amide bonds. The smallest absolute Gasteiger partial charge is 0.274 e. The SMILES string of the molecule is O=C(c1cc(COc2ccccc2F)[nH]n1)N1CC(O)C1. The Kier molecular flexibility index (Phi) is 3.57. The van der Waals surface area contributed by atoms with Gasteiger partial charge in [-0.3, -0.25) is 9.89 Å². The van der Waals surface area contributed by atoms with Crippen molar-refractivity contribution in [2.75, 3.05) is 13.1 Å². The number of carbonyl (C=O) groups is 1. The molecule has 2 N–H and O–H groups in total. The second kappa shape index (κ2) is 5.53. The average molecular weight is 291 g/mol. The van der Waals surface area contributed by atoms with Crippen LogP contribution >= 0.6 is 0 Å². The van der Waals surface area contributed by atoms with Gasteiger partial charge < -0.3 is 14.7 Å². The van der Waals surface area contributed by atoms with Crippen molar-refractivity contribution in [1.29, 1.82) is 0 Å². The normalized spacial score (nSPS) is 14.9. The molecule has 7 heteroatoms. The number of para-hydroxylation sites is 1. The molecule has 0 atom stereocenters. The van der Waals surface area contributed by atoms with Crippen molar-refractivity contribution in [2.24, 2.45) is 0 Å². The number of amides is 1. The number of aromatic nitrogens is 2. The molecule has 110 valence electrons. The topological polar surface area (TPSA) is 78.5 Å². The van der Waals surface area contributed by atoms with Crippen molar-refractivity contribution in [2.45, 2.75) is 12.7 Å². The molecule has 1 saturated heterocycles. The Morgan fingerprint density at radius 2 is 2.24 bits per heavy atom. The average Bonchev–Trinajstić information content (AvgIpc) is 2.91. The van der Waals surface area contributed by atoms with E-state index in [4.69, 9.17) is 4.74 Å². The van der Waals surface area contributed by atoms with E-state index in [1.807, 2.05) is 0 Å². The van der Waals surface area contributed by atoms with Crippen LogP contribution in [0, 0.1) is 5.82 Å². The molecule has 2 aromatic rings. The number of carbonyl (C=O) groups excluding carboxylic acids is 1. The van der Waals surface area contributed by atoms with Gasteiger partial charge in [-0.25, -0.2) is 4.39 Å². The summed E-state index contributed by atoms with van der Waals surface area (Å²) >= 11 is 0. The molecule has 0 unspecified atom stereocenters. The standard InChI is InChI=1S/C14H14FN3O3/c15-11-3-1-2-4-13(11)21-8-9-5-12(17-16-9)14(20)18-6-10(19)7-18/h1-5,10,19H,6-8H2,(H,16,17). The highest BCUT2D eigenvalue weighted by atomic mass is 19.1. The van der Waals surface area contributed by atoms with Crippen LogP contribution in [0.1, 0.15) is 16.2 Å². The number of likely N-dealkylation sites (tertiary alicyclic amines) is 1. The maximum atomic E-state index is 13.4. The summed E-state index contributed by atoms with van der Waals surface area (Å²) in [5.74, 6) is -0.539. The summed E-state index contributed by atoms with van der Waals surface area (Å²) in [6.45, 7) is 0.739. The molecule has 1 aromatic heterocycles. The van der Waals surface area contributed by atoms with Gasteiger partial charge in [0.1, 0.15) is 6.61 Å². The lowest BCUT2D eigenvalue weighted by Gasteiger charge is -2.35. The van der Waals surface area contributed by atoms with Crippen LogP contribution in [0.4, 0.5) is 4.39 Å². The molecule has 1 aromatic carbocycles. The van der Waals surface area contributed by atoms with Crippen molar-refractivity contribution in [3.63, 3.8) is 0 Å². The summed E-state index contributed by atoms with van der Waals surface area (Å²) in [6, 6.07) is 7.66. The summed E-state index contributed by atoms with van der Waals surface area (Å²) in [4.78, 5) is 13.4. The molecule has 0 saturated carbocycles. The summed E-state index contributed by atoms with van der Waals surface area (Å²) in [5.41, 5.74) is 0.830. The number of β-amino-alcohol motifs (C(OH)–C–C–N with tert-alkyl or cyclic N) is 1. The molecule has 1 fully saturated rings. The van der Waals surface area contributed by atoms with Gasteiger partial charge in [0.05, 0.1) is 11.8 Å². The van der Waals surface area contributed by atoms with Gasteiger partial charge in [-0.15, -0.1) is 0 Å². The molecule has 21 heavy (non-hydrogen) atoms. The monoisotopic (exact) mass is 291 g/mol. The van der Waals surface area contributed by atoms with E-state index in [1.165, 1.54) is 17.0 Å². The van der Waals surface area contributed by atoms with Gasteiger partial charge in [-0.1, -0.05) is 12.1 Å². The minimum absolute atomic E-state index is 0.0871. The Hall–Kier alpha value is -2.41. The highest BCUT2D eigenvalue weighted by molar-refractivity contribution is 5.93. The van der Waals surface area contributed by atoms with E-state index in [1.54, 1.807) is 18.2 Å². The molecule has 0 radical (unpaired) electrons. The first-order chi connectivity index (χ1) is 10.1.